The summed E-state index contributed by atoms with van der Waals surface area (Å²) in [5.74, 6) is -1.54. The number of nitrogens with one attached hydrogen (secondary N) is 2. The second kappa shape index (κ2) is 34.4. The Bertz CT molecular complexity index is 2840. The van der Waals surface area contributed by atoms with E-state index < -0.39 is 43.8 Å². The van der Waals surface area contributed by atoms with Crippen LogP contribution in [0.15, 0.2) is 82.6 Å². The lowest BCUT2D eigenvalue weighted by molar-refractivity contribution is -0.145. The Morgan fingerprint density at radius 2 is 1.06 bits per heavy atom. The third-order valence-electron chi connectivity index (χ3n) is 13.1. The van der Waals surface area contributed by atoms with Gasteiger partial charge in [0.25, 0.3) is 5.91 Å². The van der Waals surface area contributed by atoms with Gasteiger partial charge in [0.05, 0.1) is 68.4 Å². The fraction of sp³-hybridized carbons (Fsp3) is 0.536. The Morgan fingerprint density at radius 1 is 0.600 bits per heavy atom. The van der Waals surface area contributed by atoms with Gasteiger partial charge in [-0.1, -0.05) is 70.7 Å². The van der Waals surface area contributed by atoms with Crippen molar-refractivity contribution >= 4 is 78.0 Å². The van der Waals surface area contributed by atoms with Gasteiger partial charge in [0.2, 0.25) is 10.0 Å². The van der Waals surface area contributed by atoms with Crippen molar-refractivity contribution in [3.63, 3.8) is 0 Å². The van der Waals surface area contributed by atoms with Crippen LogP contribution in [0.2, 0.25) is 20.1 Å². The number of amides is 1. The number of fused-ring (bicyclic) bond motifs is 2. The summed E-state index contributed by atoms with van der Waals surface area (Å²) in [6.07, 6.45) is -2.83. The number of sulfone groups is 1. The van der Waals surface area contributed by atoms with Gasteiger partial charge in [-0.3, -0.25) is 9.59 Å². The molecule has 18 nitrogen and oxygen atoms in total. The molecule has 0 bridgehead atoms. The summed E-state index contributed by atoms with van der Waals surface area (Å²) in [6, 6.07) is 21.4. The highest BCUT2D eigenvalue weighted by Gasteiger charge is 2.31. The summed E-state index contributed by atoms with van der Waals surface area (Å²) in [5.41, 5.74) is 5.89. The predicted octanol–water partition coefficient (Wildman–Crippen LogP) is 6.91. The molecule has 4 aromatic carbocycles. The molecular formula is C56H76Cl4N4O14S2. The molecule has 0 spiro atoms. The van der Waals surface area contributed by atoms with Crippen molar-refractivity contribution in [2.24, 2.45) is 0 Å². The first-order valence-electron chi connectivity index (χ1n) is 26.6. The zero-order valence-electron chi connectivity index (χ0n) is 45.8. The number of likely N-dealkylation sites (N-methyl/N-ethyl adjacent to an activating group) is 2. The summed E-state index contributed by atoms with van der Waals surface area (Å²) in [4.78, 5) is 28.7. The lowest BCUT2D eigenvalue weighted by Crippen LogP contribution is -2.46. The number of carbonyl (C=O) groups is 2. The van der Waals surface area contributed by atoms with E-state index in [1.54, 1.807) is 48.5 Å². The van der Waals surface area contributed by atoms with Crippen LogP contribution in [0.3, 0.4) is 0 Å². The maximum absolute atomic E-state index is 13.0. The number of sulfonamides is 1. The zero-order chi connectivity index (χ0) is 58.2. The topological polar surface area (TPSA) is 229 Å². The molecule has 24 heteroatoms. The van der Waals surface area contributed by atoms with Gasteiger partial charge in [-0.15, -0.1) is 0 Å². The van der Waals surface area contributed by atoms with Gasteiger partial charge >= 0.3 is 0 Å². The van der Waals surface area contributed by atoms with Gasteiger partial charge in [0.15, 0.2) is 21.7 Å². The number of rotatable bonds is 33. The van der Waals surface area contributed by atoms with Gasteiger partial charge in [0, 0.05) is 104 Å². The first kappa shape index (κ1) is 67.4. The standard InChI is InChI=1S/C33H47Cl2N3O10S.C23H29Cl2NO4S/c1-3-45-11-5-8-30(39)31(40)32(41)33(42)36-9-12-46-14-16-48-17-15-47-13-10-37-49(43,44)25-7-4-6-23(18-25)27-21-38(2)22-28-26(27)19-24(34)20-29(28)35;1-3-29-9-10-30-8-5-11-31(27,28)19-7-4-6-17(12-19)21-15-26(2)16-22-20(21)13-18(24)14-23(22)25/h4,6-7,18-20,27,31-32,37,40-41H,3,5,8-17,21-22H2,1-2H3,(H,36,42);4,6-7,12-14,21H,3,5,8-11,15-16H2,1-2H3. The Hall–Kier alpha value is -3.36. The molecule has 4 atom stereocenters. The minimum atomic E-state index is -3.78. The van der Waals surface area contributed by atoms with Crippen molar-refractivity contribution in [2.45, 2.75) is 80.0 Å². The summed E-state index contributed by atoms with van der Waals surface area (Å²) in [6.45, 7) is 11.0. The largest absolute Gasteiger partial charge is 0.382 e. The Balaban J connectivity index is 0.000000325. The van der Waals surface area contributed by atoms with Crippen molar-refractivity contribution in [3.8, 4) is 0 Å². The number of hydrogen-bond acceptors (Lipinski definition) is 16. The predicted molar refractivity (Wildman–Crippen MR) is 310 cm³/mol. The summed E-state index contributed by atoms with van der Waals surface area (Å²) >= 11 is 25.5. The highest BCUT2D eigenvalue weighted by atomic mass is 35.5. The average molecular weight is 1240 g/mol. The van der Waals surface area contributed by atoms with E-state index in [1.165, 1.54) is 0 Å². The molecule has 2 aliphatic rings. The fourth-order valence-electron chi connectivity index (χ4n) is 9.10. The molecule has 4 aromatic rings. The first-order valence-corrected chi connectivity index (χ1v) is 31.3. The molecule has 80 heavy (non-hydrogen) atoms. The van der Waals surface area contributed by atoms with Crippen LogP contribution >= 0.6 is 46.4 Å². The third kappa shape index (κ3) is 21.4. The summed E-state index contributed by atoms with van der Waals surface area (Å²) in [7, 11) is -3.15. The number of Topliss-reactive ketones (excluding diaryl/α,β-unsaturated/α-hetero) is 1. The van der Waals surface area contributed by atoms with Gasteiger partial charge < -0.3 is 53.8 Å². The van der Waals surface area contributed by atoms with Crippen LogP contribution in [-0.4, -0.2) is 186 Å². The maximum atomic E-state index is 13.0. The third-order valence-corrected chi connectivity index (χ3v) is 17.5. The Morgan fingerprint density at radius 3 is 1.61 bits per heavy atom. The van der Waals surface area contributed by atoms with Crippen molar-refractivity contribution < 1.29 is 65.1 Å². The van der Waals surface area contributed by atoms with E-state index in [1.807, 2.05) is 52.2 Å². The van der Waals surface area contributed by atoms with Crippen molar-refractivity contribution in [2.75, 3.05) is 125 Å². The van der Waals surface area contributed by atoms with Crippen molar-refractivity contribution in [1.29, 1.82) is 0 Å². The summed E-state index contributed by atoms with van der Waals surface area (Å²) < 4.78 is 86.4. The molecule has 1 amide bonds. The molecular weight excluding hydrogens is 1160 g/mol. The Labute approximate surface area is 491 Å². The smallest absolute Gasteiger partial charge is 0.252 e. The average Bonchev–Trinajstić information content (AvgIpc) is 3.56. The zero-order valence-corrected chi connectivity index (χ0v) is 50.5. The van der Waals surface area contributed by atoms with Crippen LogP contribution in [0.1, 0.15) is 78.3 Å². The van der Waals surface area contributed by atoms with Crippen LogP contribution < -0.4 is 10.0 Å². The first-order chi connectivity index (χ1) is 38.3. The monoisotopic (exact) mass is 1230 g/mol. The van der Waals surface area contributed by atoms with Crippen molar-refractivity contribution in [1.82, 2.24) is 19.8 Å². The second-order valence-corrected chi connectivity index (χ2v) is 24.8. The molecule has 0 radical (unpaired) electrons. The van der Waals surface area contributed by atoms with Gasteiger partial charge in [0.1, 0.15) is 6.10 Å². The lowest BCUT2D eigenvalue weighted by atomic mass is 9.85. The SMILES string of the molecule is CCOCCCC(=O)C(O)C(O)C(=O)NCCOCCOCCOCCNS(=O)(=O)c1cccc(C2CN(C)Cc3c(Cl)cc(Cl)cc32)c1.CCOCCOCCCS(=O)(=O)c1cccc(C2CN(C)Cc3c(Cl)cc(Cl)cc32)c1. The van der Waals surface area contributed by atoms with Crippen LogP contribution in [0.4, 0.5) is 0 Å². The highest BCUT2D eigenvalue weighted by molar-refractivity contribution is 7.91. The van der Waals surface area contributed by atoms with Gasteiger partial charge in [-0.25, -0.2) is 21.6 Å². The minimum Gasteiger partial charge on any atom is -0.382 e. The van der Waals surface area contributed by atoms with E-state index in [2.05, 4.69) is 19.8 Å². The van der Waals surface area contributed by atoms with E-state index in [0.29, 0.717) is 90.6 Å². The maximum Gasteiger partial charge on any atom is 0.252 e. The number of aliphatic hydroxyl groups excluding tert-OH is 2. The molecule has 4 N–H and O–H groups in total. The molecule has 6 rings (SSSR count). The molecule has 444 valence electrons. The normalized spacial score (nSPS) is 16.5. The van der Waals surface area contributed by atoms with Gasteiger partial charge in [-0.2, -0.15) is 0 Å². The van der Waals surface area contributed by atoms with E-state index >= 15 is 0 Å². The number of benzene rings is 4. The quantitative estimate of drug-likeness (QED) is 0.0355. The number of halogens is 4. The van der Waals surface area contributed by atoms with E-state index in [9.17, 15) is 36.6 Å². The number of ketones is 1. The highest BCUT2D eigenvalue weighted by Crippen LogP contribution is 2.40. The number of carbonyl (C=O) groups excluding carboxylic acids is 2. The van der Waals surface area contributed by atoms with Crippen LogP contribution in [-0.2, 0) is 71.0 Å². The van der Waals surface area contributed by atoms with Crippen LogP contribution in [0.5, 0.6) is 0 Å². The van der Waals surface area contributed by atoms with Crippen LogP contribution in [0, 0.1) is 0 Å². The fourth-order valence-corrected chi connectivity index (χ4v) is 12.6. The molecule has 2 heterocycles. The molecule has 0 saturated heterocycles. The van der Waals surface area contributed by atoms with Crippen LogP contribution in [0.25, 0.3) is 0 Å². The number of nitrogens with zero attached hydrogens (tertiary/aromatic N) is 2. The molecule has 4 unspecified atom stereocenters. The molecule has 0 saturated carbocycles. The van der Waals surface area contributed by atoms with Crippen molar-refractivity contribution in [3.05, 3.63) is 126 Å². The summed E-state index contributed by atoms with van der Waals surface area (Å²) in [5, 5.41) is 24.6. The number of hydrogen-bond donors (Lipinski definition) is 4. The second-order valence-electron chi connectivity index (χ2n) is 19.2. The minimum absolute atomic E-state index is 0.00185. The van der Waals surface area contributed by atoms with E-state index in [0.717, 1.165) is 46.5 Å². The molecule has 0 aromatic heterocycles. The van der Waals surface area contributed by atoms with E-state index in [-0.39, 0.29) is 81.6 Å². The molecule has 2 aliphatic heterocycles. The molecule has 0 fully saturated rings. The Kier molecular flexibility index (Phi) is 29.0. The van der Waals surface area contributed by atoms with Gasteiger partial charge in [-0.05, 0) is 123 Å². The van der Waals surface area contributed by atoms with E-state index in [4.69, 9.17) is 74.8 Å². The number of aliphatic hydroxyl groups is 2. The lowest BCUT2D eigenvalue weighted by Gasteiger charge is -2.33. The number of ether oxygens (including phenoxy) is 6. The molecule has 0 aliphatic carbocycles.